The summed E-state index contributed by atoms with van der Waals surface area (Å²) in [7, 11) is 1.67. The summed E-state index contributed by atoms with van der Waals surface area (Å²) in [5, 5.41) is 7.80. The minimum Gasteiger partial charge on any atom is -0.497 e. The molecule has 1 amide bonds. The highest BCUT2D eigenvalue weighted by atomic mass is 16.5. The van der Waals surface area contributed by atoms with Crippen LogP contribution in [0.3, 0.4) is 0 Å². The van der Waals surface area contributed by atoms with Crippen LogP contribution in [-0.2, 0) is 10.2 Å². The average molecular weight is 354 g/mol. The third kappa shape index (κ3) is 2.97. The molecule has 26 heavy (non-hydrogen) atoms. The Morgan fingerprint density at radius 1 is 1.08 bits per heavy atom. The van der Waals surface area contributed by atoms with Gasteiger partial charge in [0.2, 0.25) is 5.91 Å². The summed E-state index contributed by atoms with van der Waals surface area (Å²) in [4.78, 5) is 15.6. The van der Waals surface area contributed by atoms with Gasteiger partial charge in [0.15, 0.2) is 0 Å². The molecule has 0 unspecified atom stereocenters. The minimum absolute atomic E-state index is 0.308. The first-order valence-electron chi connectivity index (χ1n) is 9.51. The van der Waals surface area contributed by atoms with Crippen LogP contribution in [0.5, 0.6) is 5.75 Å². The van der Waals surface area contributed by atoms with Crippen LogP contribution in [0.25, 0.3) is 0 Å². The number of carbonyl (C=O) groups is 1. The number of methoxy groups -OCH3 is 1. The zero-order chi connectivity index (χ0) is 18.0. The maximum Gasteiger partial charge on any atom is 0.233 e. The van der Waals surface area contributed by atoms with Crippen LogP contribution in [0, 0.1) is 0 Å². The van der Waals surface area contributed by atoms with Gasteiger partial charge in [-0.25, -0.2) is 0 Å². The zero-order valence-corrected chi connectivity index (χ0v) is 15.3. The molecule has 0 bridgehead atoms. The number of rotatable bonds is 4. The summed E-state index contributed by atoms with van der Waals surface area (Å²) in [6.07, 6.45) is 9.61. The summed E-state index contributed by atoms with van der Waals surface area (Å²) < 4.78 is 7.35. The molecule has 1 saturated carbocycles. The molecule has 0 N–H and O–H groups in total. The third-order valence-corrected chi connectivity index (χ3v) is 6.12. The Balaban J connectivity index is 1.51. The Hall–Kier alpha value is -2.37. The molecule has 2 heterocycles. The molecule has 2 aromatic rings. The highest BCUT2D eigenvalue weighted by Crippen LogP contribution is 2.43. The Bertz CT molecular complexity index is 728. The van der Waals surface area contributed by atoms with Crippen LogP contribution in [0.15, 0.2) is 36.9 Å². The van der Waals surface area contributed by atoms with E-state index in [-0.39, 0.29) is 5.41 Å². The molecule has 0 atom stereocenters. The largest absolute Gasteiger partial charge is 0.497 e. The van der Waals surface area contributed by atoms with Crippen molar-refractivity contribution in [2.24, 2.45) is 0 Å². The van der Waals surface area contributed by atoms with Gasteiger partial charge in [-0.3, -0.25) is 4.79 Å². The molecule has 1 aliphatic carbocycles. The summed E-state index contributed by atoms with van der Waals surface area (Å²) in [5.74, 6) is 1.14. The van der Waals surface area contributed by atoms with Gasteiger partial charge in [0.25, 0.3) is 0 Å². The van der Waals surface area contributed by atoms with Crippen LogP contribution in [0.4, 0.5) is 0 Å². The van der Waals surface area contributed by atoms with Gasteiger partial charge in [-0.1, -0.05) is 25.0 Å². The SMILES string of the molecule is COc1ccc(C2(C(=O)N3CCC(n4cnnc4)CC3)CCCC2)cc1. The number of hydrogen-bond donors (Lipinski definition) is 0. The number of aromatic nitrogens is 3. The maximum atomic E-state index is 13.5. The van der Waals surface area contributed by atoms with E-state index >= 15 is 0 Å². The molecular formula is C20H26N4O2. The second-order valence-electron chi connectivity index (χ2n) is 7.45. The highest BCUT2D eigenvalue weighted by Gasteiger charge is 2.45. The molecule has 1 aliphatic heterocycles. The minimum atomic E-state index is -0.352. The lowest BCUT2D eigenvalue weighted by Crippen LogP contribution is -2.48. The number of likely N-dealkylation sites (tertiary alicyclic amines) is 1. The Kier molecular flexibility index (Phi) is 4.66. The number of ether oxygens (including phenoxy) is 1. The molecule has 1 aromatic carbocycles. The van der Waals surface area contributed by atoms with Crippen LogP contribution < -0.4 is 4.74 Å². The van der Waals surface area contributed by atoms with E-state index in [4.69, 9.17) is 4.74 Å². The first kappa shape index (κ1) is 17.1. The van der Waals surface area contributed by atoms with Gasteiger partial charge in [-0.15, -0.1) is 10.2 Å². The van der Waals surface area contributed by atoms with Gasteiger partial charge in [0.1, 0.15) is 18.4 Å². The van der Waals surface area contributed by atoms with E-state index in [1.165, 1.54) is 0 Å². The normalized spacial score (nSPS) is 20.3. The van der Waals surface area contributed by atoms with Crippen molar-refractivity contribution in [2.45, 2.75) is 50.0 Å². The van der Waals surface area contributed by atoms with E-state index in [1.807, 2.05) is 12.1 Å². The highest BCUT2D eigenvalue weighted by molar-refractivity contribution is 5.88. The van der Waals surface area contributed by atoms with Gasteiger partial charge in [-0.05, 0) is 43.4 Å². The van der Waals surface area contributed by atoms with Crippen molar-refractivity contribution >= 4 is 5.91 Å². The standard InChI is InChI=1S/C20H26N4O2/c1-26-18-6-4-16(5-7-18)20(10-2-3-11-20)19(25)23-12-8-17(9-13-23)24-14-21-22-15-24/h4-7,14-15,17H,2-3,8-13H2,1H3. The van der Waals surface area contributed by atoms with Gasteiger partial charge in [-0.2, -0.15) is 0 Å². The van der Waals surface area contributed by atoms with Crippen molar-refractivity contribution in [3.8, 4) is 5.75 Å². The summed E-state index contributed by atoms with van der Waals surface area (Å²) in [5.41, 5.74) is 0.789. The summed E-state index contributed by atoms with van der Waals surface area (Å²) in [6, 6.07) is 8.49. The fourth-order valence-corrected chi connectivity index (χ4v) is 4.58. The van der Waals surface area contributed by atoms with Crippen molar-refractivity contribution < 1.29 is 9.53 Å². The molecule has 6 nitrogen and oxygen atoms in total. The molecule has 6 heteroatoms. The molecule has 0 spiro atoms. The molecule has 2 aliphatic rings. The van der Waals surface area contributed by atoms with Gasteiger partial charge in [0.05, 0.1) is 12.5 Å². The van der Waals surface area contributed by atoms with Crippen LogP contribution in [0.2, 0.25) is 0 Å². The number of hydrogen-bond acceptors (Lipinski definition) is 4. The molecule has 1 aromatic heterocycles. The number of carbonyl (C=O) groups excluding carboxylic acids is 1. The predicted molar refractivity (Wildman–Crippen MR) is 98.0 cm³/mol. The average Bonchev–Trinajstić information content (AvgIpc) is 3.40. The fraction of sp³-hybridized carbons (Fsp3) is 0.550. The Morgan fingerprint density at radius 2 is 1.69 bits per heavy atom. The van der Waals surface area contributed by atoms with E-state index < -0.39 is 0 Å². The quantitative estimate of drug-likeness (QED) is 0.847. The summed E-state index contributed by atoms with van der Waals surface area (Å²) >= 11 is 0. The second kappa shape index (κ2) is 7.09. The molecule has 1 saturated heterocycles. The molecular weight excluding hydrogens is 328 g/mol. The van der Waals surface area contributed by atoms with E-state index in [1.54, 1.807) is 19.8 Å². The number of benzene rings is 1. The van der Waals surface area contributed by atoms with Crippen LogP contribution in [0.1, 0.15) is 50.1 Å². The van der Waals surface area contributed by atoms with Crippen LogP contribution >= 0.6 is 0 Å². The fourth-order valence-electron chi connectivity index (χ4n) is 4.58. The topological polar surface area (TPSA) is 60.2 Å². The van der Waals surface area contributed by atoms with Crippen molar-refractivity contribution in [1.82, 2.24) is 19.7 Å². The van der Waals surface area contributed by atoms with Gasteiger partial charge < -0.3 is 14.2 Å². The third-order valence-electron chi connectivity index (χ3n) is 6.12. The molecule has 138 valence electrons. The smallest absolute Gasteiger partial charge is 0.233 e. The molecule has 2 fully saturated rings. The predicted octanol–water partition coefficient (Wildman–Crippen LogP) is 2.96. The Morgan fingerprint density at radius 3 is 2.27 bits per heavy atom. The number of amides is 1. The maximum absolute atomic E-state index is 13.5. The van der Waals surface area contributed by atoms with E-state index in [0.717, 1.165) is 62.9 Å². The van der Waals surface area contributed by atoms with Crippen molar-refractivity contribution in [2.75, 3.05) is 20.2 Å². The van der Waals surface area contributed by atoms with Gasteiger partial charge >= 0.3 is 0 Å². The van der Waals surface area contributed by atoms with E-state index in [0.29, 0.717) is 11.9 Å². The lowest BCUT2D eigenvalue weighted by Gasteiger charge is -2.39. The van der Waals surface area contributed by atoms with Crippen molar-refractivity contribution in [3.05, 3.63) is 42.5 Å². The number of nitrogens with zero attached hydrogens (tertiary/aromatic N) is 4. The lowest BCUT2D eigenvalue weighted by molar-refractivity contribution is -0.138. The molecule has 0 radical (unpaired) electrons. The van der Waals surface area contributed by atoms with E-state index in [2.05, 4.69) is 31.8 Å². The van der Waals surface area contributed by atoms with Crippen molar-refractivity contribution in [1.29, 1.82) is 0 Å². The van der Waals surface area contributed by atoms with Crippen LogP contribution in [-0.4, -0.2) is 45.8 Å². The van der Waals surface area contributed by atoms with Crippen molar-refractivity contribution in [3.63, 3.8) is 0 Å². The molecule has 4 rings (SSSR count). The summed E-state index contributed by atoms with van der Waals surface area (Å²) in [6.45, 7) is 1.61. The van der Waals surface area contributed by atoms with Gasteiger partial charge in [0, 0.05) is 19.1 Å². The second-order valence-corrected chi connectivity index (χ2v) is 7.45. The first-order valence-corrected chi connectivity index (χ1v) is 9.51. The zero-order valence-electron chi connectivity index (χ0n) is 15.3. The Labute approximate surface area is 154 Å². The van der Waals surface area contributed by atoms with E-state index in [9.17, 15) is 4.79 Å². The lowest BCUT2D eigenvalue weighted by atomic mass is 9.77. The monoisotopic (exact) mass is 354 g/mol. The number of piperidine rings is 1. The first-order chi connectivity index (χ1) is 12.7.